The van der Waals surface area contributed by atoms with Crippen LogP contribution in [0.15, 0.2) is 18.5 Å². The van der Waals surface area contributed by atoms with Crippen molar-refractivity contribution in [1.29, 1.82) is 0 Å². The Morgan fingerprint density at radius 2 is 1.87 bits per heavy atom. The maximum Gasteiger partial charge on any atom is 0.236 e. The van der Waals surface area contributed by atoms with Gasteiger partial charge in [0.2, 0.25) is 11.9 Å². The minimum Gasteiger partial charge on any atom is -0.348 e. The average molecular weight is 317 g/mol. The number of likely N-dealkylation sites (N-methyl/N-ethyl adjacent to an activating group) is 1. The van der Waals surface area contributed by atoms with Crippen molar-refractivity contribution in [2.45, 2.75) is 25.7 Å². The van der Waals surface area contributed by atoms with E-state index >= 15 is 0 Å². The van der Waals surface area contributed by atoms with Crippen molar-refractivity contribution in [3.8, 4) is 0 Å². The van der Waals surface area contributed by atoms with Crippen molar-refractivity contribution >= 4 is 11.9 Å². The number of nitrogens with zero attached hydrogens (tertiary/aromatic N) is 5. The van der Waals surface area contributed by atoms with Crippen LogP contribution in [0.5, 0.6) is 0 Å². The van der Waals surface area contributed by atoms with E-state index in [2.05, 4.69) is 19.8 Å². The van der Waals surface area contributed by atoms with E-state index in [0.717, 1.165) is 45.0 Å². The van der Waals surface area contributed by atoms with Crippen molar-refractivity contribution in [2.24, 2.45) is 5.41 Å². The first-order chi connectivity index (χ1) is 11.1. The highest BCUT2D eigenvalue weighted by atomic mass is 16.2. The van der Waals surface area contributed by atoms with E-state index in [1.54, 1.807) is 4.90 Å². The molecule has 0 saturated carbocycles. The van der Waals surface area contributed by atoms with E-state index in [0.29, 0.717) is 12.0 Å². The lowest BCUT2D eigenvalue weighted by Gasteiger charge is -2.47. The van der Waals surface area contributed by atoms with Gasteiger partial charge in [-0.3, -0.25) is 9.69 Å². The Morgan fingerprint density at radius 1 is 1.17 bits per heavy atom. The highest BCUT2D eigenvalue weighted by molar-refractivity contribution is 5.77. The van der Waals surface area contributed by atoms with Crippen LogP contribution < -0.4 is 4.90 Å². The maximum absolute atomic E-state index is 11.9. The third-order valence-electron chi connectivity index (χ3n) is 5.27. The van der Waals surface area contributed by atoms with Crippen molar-refractivity contribution in [3.05, 3.63) is 18.5 Å². The molecule has 0 aromatic carbocycles. The molecule has 1 aromatic heterocycles. The molecule has 1 aromatic rings. The lowest BCUT2D eigenvalue weighted by Crippen LogP contribution is -2.51. The number of amides is 1. The Balaban J connectivity index is 1.58. The normalized spacial score (nSPS) is 21.4. The molecule has 3 heterocycles. The smallest absolute Gasteiger partial charge is 0.236 e. The number of anilines is 1. The summed E-state index contributed by atoms with van der Waals surface area (Å²) < 4.78 is 0. The lowest BCUT2D eigenvalue weighted by molar-refractivity contribution is -0.130. The number of hydrogen-bond donors (Lipinski definition) is 0. The average Bonchev–Trinajstić information content (AvgIpc) is 2.58. The van der Waals surface area contributed by atoms with Crippen LogP contribution in [0.1, 0.15) is 25.7 Å². The molecule has 0 unspecified atom stereocenters. The molecule has 2 saturated heterocycles. The van der Waals surface area contributed by atoms with Gasteiger partial charge in [-0.2, -0.15) is 0 Å². The summed E-state index contributed by atoms with van der Waals surface area (Å²) in [7, 11) is 3.65. The summed E-state index contributed by atoms with van der Waals surface area (Å²) in [4.78, 5) is 27.0. The van der Waals surface area contributed by atoms with E-state index in [1.165, 1.54) is 12.8 Å². The standard InChI is InChI=1S/C17H27N5O/c1-20(2)15(23)13-21-11-6-17(7-12-21)5-3-10-22(14-17)16-18-8-4-9-19-16/h4,8-9H,3,5-7,10-14H2,1-2H3. The highest BCUT2D eigenvalue weighted by Gasteiger charge is 2.39. The highest BCUT2D eigenvalue weighted by Crippen LogP contribution is 2.40. The van der Waals surface area contributed by atoms with Gasteiger partial charge in [0.15, 0.2) is 0 Å². The lowest BCUT2D eigenvalue weighted by atomic mass is 9.72. The molecule has 6 nitrogen and oxygen atoms in total. The van der Waals surface area contributed by atoms with Crippen molar-refractivity contribution < 1.29 is 4.79 Å². The summed E-state index contributed by atoms with van der Waals surface area (Å²) in [6.45, 7) is 4.68. The number of carbonyl (C=O) groups excluding carboxylic acids is 1. The molecule has 23 heavy (non-hydrogen) atoms. The molecular formula is C17H27N5O. The van der Waals surface area contributed by atoms with Crippen LogP contribution >= 0.6 is 0 Å². The number of carbonyl (C=O) groups is 1. The fourth-order valence-electron chi connectivity index (χ4n) is 3.76. The first kappa shape index (κ1) is 16.2. The summed E-state index contributed by atoms with van der Waals surface area (Å²) in [5.74, 6) is 1.06. The molecular weight excluding hydrogens is 290 g/mol. The Labute approximate surface area is 138 Å². The fourth-order valence-corrected chi connectivity index (χ4v) is 3.76. The molecule has 1 amide bonds. The van der Waals surface area contributed by atoms with E-state index in [4.69, 9.17) is 0 Å². The number of rotatable bonds is 3. The predicted molar refractivity (Wildman–Crippen MR) is 90.3 cm³/mol. The second kappa shape index (κ2) is 6.83. The Bertz CT molecular complexity index is 525. The van der Waals surface area contributed by atoms with Crippen molar-refractivity contribution in [1.82, 2.24) is 19.8 Å². The third kappa shape index (κ3) is 3.80. The second-order valence-corrected chi connectivity index (χ2v) is 7.14. The molecule has 3 rings (SSSR count). The SMILES string of the molecule is CN(C)C(=O)CN1CCC2(CCCN(c3ncccn3)C2)CC1. The Kier molecular flexibility index (Phi) is 4.80. The maximum atomic E-state index is 11.9. The zero-order valence-electron chi connectivity index (χ0n) is 14.2. The summed E-state index contributed by atoms with van der Waals surface area (Å²) in [5, 5.41) is 0. The summed E-state index contributed by atoms with van der Waals surface area (Å²) in [6, 6.07) is 1.86. The van der Waals surface area contributed by atoms with Gasteiger partial charge in [-0.15, -0.1) is 0 Å². The fraction of sp³-hybridized carbons (Fsp3) is 0.706. The summed E-state index contributed by atoms with van der Waals surface area (Å²) in [6.07, 6.45) is 8.45. The Morgan fingerprint density at radius 3 is 2.52 bits per heavy atom. The van der Waals surface area contributed by atoms with Gasteiger partial charge in [0.1, 0.15) is 0 Å². The Hall–Kier alpha value is -1.69. The minimum atomic E-state index is 0.198. The third-order valence-corrected chi connectivity index (χ3v) is 5.27. The van der Waals surface area contributed by atoms with Gasteiger partial charge in [0, 0.05) is 39.6 Å². The molecule has 0 radical (unpaired) electrons. The molecule has 6 heteroatoms. The van der Waals surface area contributed by atoms with Gasteiger partial charge >= 0.3 is 0 Å². The van der Waals surface area contributed by atoms with Crippen LogP contribution in [0, 0.1) is 5.41 Å². The van der Waals surface area contributed by atoms with Crippen LogP contribution in [-0.4, -0.2) is 72.5 Å². The van der Waals surface area contributed by atoms with Crippen LogP contribution in [0.3, 0.4) is 0 Å². The molecule has 0 bridgehead atoms. The van der Waals surface area contributed by atoms with Crippen LogP contribution in [0.4, 0.5) is 5.95 Å². The van der Waals surface area contributed by atoms with Gasteiger partial charge < -0.3 is 9.80 Å². The predicted octanol–water partition coefficient (Wildman–Crippen LogP) is 1.25. The quantitative estimate of drug-likeness (QED) is 0.840. The van der Waals surface area contributed by atoms with E-state index in [9.17, 15) is 4.79 Å². The van der Waals surface area contributed by atoms with Gasteiger partial charge in [0.25, 0.3) is 0 Å². The first-order valence-electron chi connectivity index (χ1n) is 8.52. The number of aromatic nitrogens is 2. The van der Waals surface area contributed by atoms with Gasteiger partial charge in [0.05, 0.1) is 6.54 Å². The first-order valence-corrected chi connectivity index (χ1v) is 8.52. The number of hydrogen-bond acceptors (Lipinski definition) is 5. The number of piperidine rings is 2. The van der Waals surface area contributed by atoms with Gasteiger partial charge in [-0.1, -0.05) is 0 Å². The minimum absolute atomic E-state index is 0.198. The molecule has 0 N–H and O–H groups in total. The van der Waals surface area contributed by atoms with Crippen LogP contribution in [0.2, 0.25) is 0 Å². The van der Waals surface area contributed by atoms with Crippen molar-refractivity contribution in [3.63, 3.8) is 0 Å². The van der Waals surface area contributed by atoms with Crippen LogP contribution in [-0.2, 0) is 4.79 Å². The van der Waals surface area contributed by atoms with E-state index < -0.39 is 0 Å². The molecule has 2 fully saturated rings. The summed E-state index contributed by atoms with van der Waals surface area (Å²) in [5.41, 5.74) is 0.370. The molecule has 2 aliphatic heterocycles. The monoisotopic (exact) mass is 317 g/mol. The zero-order valence-corrected chi connectivity index (χ0v) is 14.2. The van der Waals surface area contributed by atoms with E-state index in [1.807, 2.05) is 32.6 Å². The molecule has 126 valence electrons. The van der Waals surface area contributed by atoms with Gasteiger partial charge in [-0.05, 0) is 50.3 Å². The van der Waals surface area contributed by atoms with Gasteiger partial charge in [-0.25, -0.2) is 9.97 Å². The van der Waals surface area contributed by atoms with Crippen molar-refractivity contribution in [2.75, 3.05) is 51.7 Å². The molecule has 0 aliphatic carbocycles. The second-order valence-electron chi connectivity index (χ2n) is 7.14. The molecule has 1 spiro atoms. The molecule has 0 atom stereocenters. The zero-order chi connectivity index (χ0) is 16.3. The number of likely N-dealkylation sites (tertiary alicyclic amines) is 1. The largest absolute Gasteiger partial charge is 0.348 e. The van der Waals surface area contributed by atoms with Crippen LogP contribution in [0.25, 0.3) is 0 Å². The molecule has 2 aliphatic rings. The summed E-state index contributed by atoms with van der Waals surface area (Å²) >= 11 is 0. The topological polar surface area (TPSA) is 52.6 Å². The van der Waals surface area contributed by atoms with E-state index in [-0.39, 0.29) is 5.91 Å².